The minimum atomic E-state index is -0.800. The number of hydrogen-bond acceptors (Lipinski definition) is 6. The van der Waals surface area contributed by atoms with E-state index in [9.17, 15) is 14.4 Å². The second-order valence-electron chi connectivity index (χ2n) is 23.1. The molecule has 0 aliphatic rings. The van der Waals surface area contributed by atoms with Gasteiger partial charge in [0.25, 0.3) is 0 Å². The molecule has 0 radical (unpaired) electrons. The predicted molar refractivity (Wildman–Crippen MR) is 348 cm³/mol. The summed E-state index contributed by atoms with van der Waals surface area (Å²) in [5.41, 5.74) is 0. The first-order chi connectivity index (χ1) is 39.5. The highest BCUT2D eigenvalue weighted by molar-refractivity contribution is 5.71. The van der Waals surface area contributed by atoms with Crippen LogP contribution in [-0.2, 0) is 28.6 Å². The summed E-state index contributed by atoms with van der Waals surface area (Å²) in [5.74, 6) is -0.916. The Balaban J connectivity index is 4.38. The molecule has 0 aliphatic heterocycles. The van der Waals surface area contributed by atoms with Gasteiger partial charge in [0, 0.05) is 19.3 Å². The maximum atomic E-state index is 12.9. The second kappa shape index (κ2) is 68.1. The van der Waals surface area contributed by atoms with E-state index >= 15 is 0 Å². The molecule has 1 unspecified atom stereocenters. The molecule has 462 valence electrons. The second-order valence-corrected chi connectivity index (χ2v) is 23.1. The fraction of sp³-hybridized carbons (Fsp3) is 0.770. The lowest BCUT2D eigenvalue weighted by Gasteiger charge is -2.18. The van der Waals surface area contributed by atoms with Crippen molar-refractivity contribution in [1.29, 1.82) is 0 Å². The molecule has 0 aromatic carbocycles. The molecule has 6 nitrogen and oxygen atoms in total. The summed E-state index contributed by atoms with van der Waals surface area (Å²) >= 11 is 0. The summed E-state index contributed by atoms with van der Waals surface area (Å²) in [6.45, 7) is 6.54. The number of allylic oxidation sites excluding steroid dienone is 14. The first-order valence-electron chi connectivity index (χ1n) is 34.6. The van der Waals surface area contributed by atoms with Gasteiger partial charge in [-0.3, -0.25) is 14.4 Å². The average Bonchev–Trinajstić information content (AvgIpc) is 3.46. The molecule has 0 spiro atoms. The number of hydrogen-bond donors (Lipinski definition) is 0. The minimum absolute atomic E-state index is 0.0907. The Labute approximate surface area is 496 Å². The van der Waals surface area contributed by atoms with Crippen molar-refractivity contribution in [2.45, 2.75) is 354 Å². The molecular formula is C74H130O6. The van der Waals surface area contributed by atoms with Gasteiger partial charge >= 0.3 is 17.9 Å². The lowest BCUT2D eigenvalue weighted by atomic mass is 10.0. The Hall–Kier alpha value is -3.41. The van der Waals surface area contributed by atoms with Crippen LogP contribution in [-0.4, -0.2) is 37.2 Å². The normalized spacial score (nSPS) is 12.6. The third kappa shape index (κ3) is 65.4. The van der Waals surface area contributed by atoms with Gasteiger partial charge in [-0.2, -0.15) is 0 Å². The smallest absolute Gasteiger partial charge is 0.306 e. The molecule has 6 heteroatoms. The minimum Gasteiger partial charge on any atom is -0.462 e. The summed E-state index contributed by atoms with van der Waals surface area (Å²) < 4.78 is 16.9. The van der Waals surface area contributed by atoms with E-state index in [4.69, 9.17) is 14.2 Å². The van der Waals surface area contributed by atoms with Gasteiger partial charge in [-0.1, -0.05) is 318 Å². The van der Waals surface area contributed by atoms with Crippen molar-refractivity contribution >= 4 is 17.9 Å². The summed E-state index contributed by atoms with van der Waals surface area (Å²) in [6, 6.07) is 0. The first-order valence-corrected chi connectivity index (χ1v) is 34.6. The quantitative estimate of drug-likeness (QED) is 0.0261. The number of carbonyl (C=O) groups excluding carboxylic acids is 3. The highest BCUT2D eigenvalue weighted by Gasteiger charge is 2.19. The van der Waals surface area contributed by atoms with Crippen molar-refractivity contribution in [3.05, 3.63) is 85.1 Å². The fourth-order valence-corrected chi connectivity index (χ4v) is 9.97. The molecule has 0 aromatic rings. The molecule has 80 heavy (non-hydrogen) atoms. The number of rotatable bonds is 63. The first kappa shape index (κ1) is 76.6. The van der Waals surface area contributed by atoms with Crippen LogP contribution in [0.4, 0.5) is 0 Å². The Morgan fingerprint density at radius 2 is 0.487 bits per heavy atom. The maximum absolute atomic E-state index is 12.9. The highest BCUT2D eigenvalue weighted by atomic mass is 16.6. The Morgan fingerprint density at radius 3 is 0.800 bits per heavy atom. The highest BCUT2D eigenvalue weighted by Crippen LogP contribution is 2.17. The molecule has 0 amide bonds. The molecule has 1 atom stereocenters. The van der Waals surface area contributed by atoms with Crippen molar-refractivity contribution < 1.29 is 28.6 Å². The van der Waals surface area contributed by atoms with Gasteiger partial charge in [-0.15, -0.1) is 0 Å². The summed E-state index contributed by atoms with van der Waals surface area (Å²) in [5, 5.41) is 0. The number of ether oxygens (including phenoxy) is 3. The van der Waals surface area contributed by atoms with E-state index in [2.05, 4.69) is 106 Å². The number of carbonyl (C=O) groups is 3. The van der Waals surface area contributed by atoms with Gasteiger partial charge in [0.2, 0.25) is 0 Å². The largest absolute Gasteiger partial charge is 0.462 e. The fourth-order valence-electron chi connectivity index (χ4n) is 9.97. The van der Waals surface area contributed by atoms with Crippen LogP contribution in [0.5, 0.6) is 0 Å². The Kier molecular flexibility index (Phi) is 65.2. The van der Waals surface area contributed by atoms with Crippen molar-refractivity contribution in [2.24, 2.45) is 0 Å². The zero-order chi connectivity index (χ0) is 57.8. The van der Waals surface area contributed by atoms with Crippen LogP contribution in [0, 0.1) is 0 Å². The predicted octanol–water partition coefficient (Wildman–Crippen LogP) is 23.8. The molecule has 0 rings (SSSR count). The molecule has 0 saturated heterocycles. The van der Waals surface area contributed by atoms with E-state index in [0.717, 1.165) is 89.9 Å². The van der Waals surface area contributed by atoms with E-state index in [1.165, 1.54) is 212 Å². The lowest BCUT2D eigenvalue weighted by Crippen LogP contribution is -2.30. The van der Waals surface area contributed by atoms with Crippen LogP contribution in [0.15, 0.2) is 85.1 Å². The molecule has 0 N–H and O–H groups in total. The molecule has 0 bridgehead atoms. The zero-order valence-electron chi connectivity index (χ0n) is 53.1. The Bertz CT molecular complexity index is 1520. The summed E-state index contributed by atoms with van der Waals surface area (Å²) in [4.78, 5) is 38.4. The standard InChI is InChI=1S/C74H130O6/c1-4-7-10-13-16-19-22-25-28-31-33-35-36-37-38-40-41-43-46-49-52-55-58-61-64-67-73(76)79-70-71(69-78-72(75)66-63-60-57-54-51-48-45-30-27-24-21-18-15-12-9-6-3)80-74(77)68-65-62-59-56-53-50-47-44-42-39-34-32-29-26-23-20-17-14-11-8-5-2/h8,11,17,20,26,29,31,33-34,39,44,47,53,56,71H,4-7,9-10,12-16,18-19,21-25,27-28,30,32,35-38,40-43,45-46,48-52,54-55,57-70H2,1-3H3/b11-8-,20-17-,29-26-,33-31-,39-34-,47-44-,56-53-. The van der Waals surface area contributed by atoms with Gasteiger partial charge in [-0.05, 0) is 96.3 Å². The molecular weight excluding hydrogens is 985 g/mol. The molecule has 0 heterocycles. The van der Waals surface area contributed by atoms with Gasteiger partial charge in [-0.25, -0.2) is 0 Å². The van der Waals surface area contributed by atoms with Crippen LogP contribution in [0.1, 0.15) is 348 Å². The summed E-state index contributed by atoms with van der Waals surface area (Å²) in [6.07, 6.45) is 90.3. The molecule has 0 aromatic heterocycles. The van der Waals surface area contributed by atoms with Crippen molar-refractivity contribution in [3.63, 3.8) is 0 Å². The number of unbranched alkanes of at least 4 members (excludes halogenated alkanes) is 38. The Morgan fingerprint density at radius 1 is 0.263 bits per heavy atom. The van der Waals surface area contributed by atoms with Gasteiger partial charge in [0.15, 0.2) is 6.10 Å². The van der Waals surface area contributed by atoms with E-state index in [0.29, 0.717) is 19.3 Å². The van der Waals surface area contributed by atoms with E-state index in [-0.39, 0.29) is 37.5 Å². The van der Waals surface area contributed by atoms with Gasteiger partial charge in [0.05, 0.1) is 0 Å². The topological polar surface area (TPSA) is 78.9 Å². The SMILES string of the molecule is CC/C=C\C/C=C\C/C=C\C/C=C\C/C=C\C/C=C\CCCCC(=O)OC(COC(=O)CCCCCCCCCCCCCCC/C=C\CCCCCCCCCC)COC(=O)CCCCCCCCCCCCCCCCCC. The van der Waals surface area contributed by atoms with Crippen molar-refractivity contribution in [2.75, 3.05) is 13.2 Å². The zero-order valence-corrected chi connectivity index (χ0v) is 53.1. The van der Waals surface area contributed by atoms with E-state index in [1.807, 2.05) is 0 Å². The van der Waals surface area contributed by atoms with Gasteiger partial charge in [0.1, 0.15) is 13.2 Å². The monoisotopic (exact) mass is 1110 g/mol. The summed E-state index contributed by atoms with van der Waals surface area (Å²) in [7, 11) is 0. The van der Waals surface area contributed by atoms with Crippen LogP contribution >= 0.6 is 0 Å². The van der Waals surface area contributed by atoms with Crippen molar-refractivity contribution in [1.82, 2.24) is 0 Å². The van der Waals surface area contributed by atoms with Crippen LogP contribution in [0.3, 0.4) is 0 Å². The van der Waals surface area contributed by atoms with Crippen molar-refractivity contribution in [3.8, 4) is 0 Å². The number of esters is 3. The van der Waals surface area contributed by atoms with Gasteiger partial charge < -0.3 is 14.2 Å². The molecule has 0 fully saturated rings. The lowest BCUT2D eigenvalue weighted by molar-refractivity contribution is -0.167. The van der Waals surface area contributed by atoms with E-state index in [1.54, 1.807) is 0 Å². The van der Waals surface area contributed by atoms with E-state index < -0.39 is 6.10 Å². The third-order valence-electron chi connectivity index (χ3n) is 15.1. The average molecular weight is 1120 g/mol. The van der Waals surface area contributed by atoms with Crippen LogP contribution < -0.4 is 0 Å². The van der Waals surface area contributed by atoms with Crippen LogP contribution in [0.2, 0.25) is 0 Å². The maximum Gasteiger partial charge on any atom is 0.306 e. The molecule has 0 aliphatic carbocycles. The third-order valence-corrected chi connectivity index (χ3v) is 15.1. The van der Waals surface area contributed by atoms with Crippen LogP contribution in [0.25, 0.3) is 0 Å². The molecule has 0 saturated carbocycles.